The van der Waals surface area contributed by atoms with Gasteiger partial charge in [-0.2, -0.15) is 0 Å². The number of benzene rings is 2. The summed E-state index contributed by atoms with van der Waals surface area (Å²) in [5.41, 5.74) is 2.65. The average molecular weight is 379 g/mol. The molecule has 0 atom stereocenters. The summed E-state index contributed by atoms with van der Waals surface area (Å²) in [6.07, 6.45) is 0.175. The average Bonchev–Trinajstić information content (AvgIpc) is 2.57. The molecule has 1 N–H and O–H groups in total. The maximum atomic E-state index is 12.1. The molecule has 2 rings (SSSR count). The minimum absolute atomic E-state index is 0.0748. The zero-order valence-corrected chi connectivity index (χ0v) is 15.7. The van der Waals surface area contributed by atoms with Crippen molar-refractivity contribution in [2.24, 2.45) is 0 Å². The van der Waals surface area contributed by atoms with Gasteiger partial charge in [0.15, 0.2) is 0 Å². The zero-order valence-electron chi connectivity index (χ0n) is 14.2. The Morgan fingerprint density at radius 3 is 2.40 bits per heavy atom. The number of hydrogen-bond donors (Lipinski definition) is 1. The normalized spacial score (nSPS) is 10.4. The van der Waals surface area contributed by atoms with E-state index in [1.807, 2.05) is 31.2 Å². The van der Waals surface area contributed by atoms with Crippen molar-refractivity contribution in [3.05, 3.63) is 63.6 Å². The minimum atomic E-state index is -0.223. The number of carbonyl (C=O) groups excluding carboxylic acids is 2. The van der Waals surface area contributed by atoms with Crippen LogP contribution in [-0.4, -0.2) is 23.3 Å². The lowest BCUT2D eigenvalue weighted by Gasteiger charge is -2.21. The van der Waals surface area contributed by atoms with E-state index >= 15 is 0 Å². The lowest BCUT2D eigenvalue weighted by Crippen LogP contribution is -2.31. The smallest absolute Gasteiger partial charge is 0.226 e. The topological polar surface area (TPSA) is 49.4 Å². The van der Waals surface area contributed by atoms with Crippen LogP contribution in [0, 0.1) is 6.92 Å². The maximum absolute atomic E-state index is 12.1. The second kappa shape index (κ2) is 8.88. The third-order valence-corrected chi connectivity index (χ3v) is 4.59. The minimum Gasteiger partial charge on any atom is -0.338 e. The van der Waals surface area contributed by atoms with Crippen molar-refractivity contribution in [1.29, 1.82) is 0 Å². The molecule has 0 fully saturated rings. The lowest BCUT2D eigenvalue weighted by atomic mass is 10.1. The third-order valence-electron chi connectivity index (χ3n) is 3.77. The van der Waals surface area contributed by atoms with Crippen molar-refractivity contribution in [1.82, 2.24) is 4.90 Å². The van der Waals surface area contributed by atoms with Crippen molar-refractivity contribution in [3.8, 4) is 0 Å². The molecule has 0 aromatic heterocycles. The Kier molecular flexibility index (Phi) is 6.85. The van der Waals surface area contributed by atoms with E-state index in [0.29, 0.717) is 28.8 Å². The number of halogens is 2. The van der Waals surface area contributed by atoms with Crippen LogP contribution in [0.25, 0.3) is 0 Å². The molecular weight excluding hydrogens is 359 g/mol. The maximum Gasteiger partial charge on any atom is 0.226 e. The summed E-state index contributed by atoms with van der Waals surface area (Å²) in [6, 6.07) is 13.0. The van der Waals surface area contributed by atoms with E-state index in [1.54, 1.807) is 23.1 Å². The van der Waals surface area contributed by atoms with E-state index in [1.165, 1.54) is 6.92 Å². The molecule has 6 heteroatoms. The van der Waals surface area contributed by atoms with Gasteiger partial charge in [-0.1, -0.05) is 59.1 Å². The first kappa shape index (κ1) is 19.3. The number of anilines is 1. The van der Waals surface area contributed by atoms with Gasteiger partial charge in [0.05, 0.1) is 15.7 Å². The molecule has 0 saturated carbocycles. The first-order valence-corrected chi connectivity index (χ1v) is 8.67. The fraction of sp³-hybridized carbons (Fsp3) is 0.263. The highest BCUT2D eigenvalue weighted by Gasteiger charge is 2.13. The van der Waals surface area contributed by atoms with Crippen molar-refractivity contribution < 1.29 is 9.59 Å². The predicted octanol–water partition coefficient (Wildman–Crippen LogP) is 4.68. The summed E-state index contributed by atoms with van der Waals surface area (Å²) < 4.78 is 0. The van der Waals surface area contributed by atoms with Crippen LogP contribution >= 0.6 is 23.2 Å². The summed E-state index contributed by atoms with van der Waals surface area (Å²) in [5, 5.41) is 3.41. The Balaban J connectivity index is 1.94. The molecule has 0 saturated heterocycles. The highest BCUT2D eigenvalue weighted by molar-refractivity contribution is 6.43. The second-order valence-corrected chi connectivity index (χ2v) is 6.61. The Morgan fingerprint density at radius 1 is 1.08 bits per heavy atom. The number of rotatable bonds is 6. The Bertz CT molecular complexity index is 761. The highest BCUT2D eigenvalue weighted by Crippen LogP contribution is 2.29. The monoisotopic (exact) mass is 378 g/mol. The van der Waals surface area contributed by atoms with Crippen molar-refractivity contribution in [2.75, 3.05) is 11.9 Å². The predicted molar refractivity (Wildman–Crippen MR) is 102 cm³/mol. The molecule has 132 valence electrons. The van der Waals surface area contributed by atoms with E-state index in [4.69, 9.17) is 23.2 Å². The van der Waals surface area contributed by atoms with Gasteiger partial charge < -0.3 is 10.2 Å². The summed E-state index contributed by atoms with van der Waals surface area (Å²) in [4.78, 5) is 25.6. The number of nitrogens with one attached hydrogen (secondary N) is 1. The first-order chi connectivity index (χ1) is 11.9. The number of nitrogens with zero attached hydrogens (tertiary/aromatic N) is 1. The highest BCUT2D eigenvalue weighted by atomic mass is 35.5. The van der Waals surface area contributed by atoms with Crippen molar-refractivity contribution in [3.63, 3.8) is 0 Å². The van der Waals surface area contributed by atoms with Gasteiger partial charge in [-0.25, -0.2) is 0 Å². The van der Waals surface area contributed by atoms with E-state index < -0.39 is 0 Å². The van der Waals surface area contributed by atoms with E-state index in [9.17, 15) is 9.59 Å². The third kappa shape index (κ3) is 5.76. The molecule has 2 amide bonds. The number of aryl methyl sites for hydroxylation is 1. The van der Waals surface area contributed by atoms with Gasteiger partial charge in [-0.15, -0.1) is 0 Å². The fourth-order valence-electron chi connectivity index (χ4n) is 2.31. The van der Waals surface area contributed by atoms with Crippen LogP contribution in [0.4, 0.5) is 5.69 Å². The van der Waals surface area contributed by atoms with Crippen LogP contribution in [0.5, 0.6) is 0 Å². The molecule has 0 unspecified atom stereocenters. The fourth-order valence-corrected chi connectivity index (χ4v) is 2.66. The van der Waals surface area contributed by atoms with E-state index in [2.05, 4.69) is 5.32 Å². The molecule has 0 aliphatic carbocycles. The van der Waals surface area contributed by atoms with Gasteiger partial charge in [0, 0.05) is 26.4 Å². The Hall–Kier alpha value is -2.04. The molecule has 2 aromatic carbocycles. The molecule has 0 spiro atoms. The van der Waals surface area contributed by atoms with Crippen LogP contribution in [0.1, 0.15) is 24.5 Å². The van der Waals surface area contributed by atoms with E-state index in [0.717, 1.165) is 11.1 Å². The van der Waals surface area contributed by atoms with Gasteiger partial charge in [0.2, 0.25) is 11.8 Å². The molecule has 0 radical (unpaired) electrons. The number of carbonyl (C=O) groups is 2. The molecular formula is C19H20Cl2N2O2. The summed E-state index contributed by atoms with van der Waals surface area (Å²) >= 11 is 12.0. The van der Waals surface area contributed by atoms with Crippen LogP contribution in [-0.2, 0) is 16.1 Å². The molecule has 2 aromatic rings. The molecule has 4 nitrogen and oxygen atoms in total. The SMILES string of the molecule is CC(=O)N(CCC(=O)Nc1cccc(Cl)c1Cl)Cc1ccc(C)cc1. The quantitative estimate of drug-likeness (QED) is 0.792. The molecule has 0 bridgehead atoms. The number of hydrogen-bond acceptors (Lipinski definition) is 2. The van der Waals surface area contributed by atoms with E-state index in [-0.39, 0.29) is 18.2 Å². The number of amides is 2. The second-order valence-electron chi connectivity index (χ2n) is 5.83. The van der Waals surface area contributed by atoms with Crippen LogP contribution < -0.4 is 5.32 Å². The Labute approximate surface area is 157 Å². The van der Waals surface area contributed by atoms with Gasteiger partial charge in [0.1, 0.15) is 0 Å². The summed E-state index contributed by atoms with van der Waals surface area (Å²) in [6.45, 7) is 4.31. The van der Waals surface area contributed by atoms with Crippen molar-refractivity contribution >= 4 is 40.7 Å². The zero-order chi connectivity index (χ0) is 18.4. The lowest BCUT2D eigenvalue weighted by molar-refractivity contribution is -0.129. The van der Waals surface area contributed by atoms with Crippen LogP contribution in [0.15, 0.2) is 42.5 Å². The molecule has 0 heterocycles. The molecule has 0 aliphatic rings. The molecule has 25 heavy (non-hydrogen) atoms. The molecule has 0 aliphatic heterocycles. The van der Waals surface area contributed by atoms with Gasteiger partial charge in [-0.05, 0) is 24.6 Å². The Morgan fingerprint density at radius 2 is 1.76 bits per heavy atom. The van der Waals surface area contributed by atoms with Crippen molar-refractivity contribution in [2.45, 2.75) is 26.8 Å². The van der Waals surface area contributed by atoms with Gasteiger partial charge in [-0.3, -0.25) is 9.59 Å². The van der Waals surface area contributed by atoms with Gasteiger partial charge in [0.25, 0.3) is 0 Å². The largest absolute Gasteiger partial charge is 0.338 e. The summed E-state index contributed by atoms with van der Waals surface area (Å²) in [5.74, 6) is -0.298. The summed E-state index contributed by atoms with van der Waals surface area (Å²) in [7, 11) is 0. The van der Waals surface area contributed by atoms with Crippen LogP contribution in [0.2, 0.25) is 10.0 Å². The first-order valence-electron chi connectivity index (χ1n) is 7.91. The standard InChI is InChI=1S/C19H20Cl2N2O2/c1-13-6-8-15(9-7-13)12-23(14(2)24)11-10-18(25)22-17-5-3-4-16(20)19(17)21/h3-9H,10-12H2,1-2H3,(H,22,25). The van der Waals surface area contributed by atoms with Crippen LogP contribution in [0.3, 0.4) is 0 Å². The van der Waals surface area contributed by atoms with Gasteiger partial charge >= 0.3 is 0 Å².